The third-order valence-corrected chi connectivity index (χ3v) is 6.38. The van der Waals surface area contributed by atoms with Gasteiger partial charge in [-0.2, -0.15) is 0 Å². The fraction of sp³-hybridized carbons (Fsp3) is 0.357. The zero-order valence-electron chi connectivity index (χ0n) is 21.6. The summed E-state index contributed by atoms with van der Waals surface area (Å²) < 4.78 is 24.9. The molecule has 3 heterocycles. The van der Waals surface area contributed by atoms with Crippen molar-refractivity contribution < 1.29 is 18.0 Å². The highest BCUT2D eigenvalue weighted by Gasteiger charge is 2.34. The fourth-order valence-corrected chi connectivity index (χ4v) is 4.41. The van der Waals surface area contributed by atoms with Gasteiger partial charge in [0.2, 0.25) is 17.7 Å². The number of nitrogens with zero attached hydrogens (tertiary/aromatic N) is 4. The van der Waals surface area contributed by atoms with Crippen LogP contribution in [0.2, 0.25) is 0 Å². The fourth-order valence-electron chi connectivity index (χ4n) is 4.41. The van der Waals surface area contributed by atoms with Gasteiger partial charge < -0.3 is 19.5 Å². The topological polar surface area (TPSA) is 111 Å². The maximum atomic E-state index is 13.5. The van der Waals surface area contributed by atoms with Crippen LogP contribution >= 0.6 is 0 Å². The molecule has 0 saturated carbocycles. The number of rotatable bonds is 8. The first kappa shape index (κ1) is 26.2. The summed E-state index contributed by atoms with van der Waals surface area (Å²) in [5, 5.41) is 8.39. The van der Waals surface area contributed by atoms with Crippen molar-refractivity contribution in [3.63, 3.8) is 0 Å². The minimum absolute atomic E-state index is 0.140. The SMILES string of the molecule is C=C(C)/C(=C\C(=C/C)C(=O)N1CCC[C@@H]1c1nc(C)co1)c1nnc([C@](C)(N)Cc2ccc(F)cc2)o1. The van der Waals surface area contributed by atoms with Crippen LogP contribution in [0, 0.1) is 12.7 Å². The number of carbonyl (C=O) groups excluding carboxylic acids is 1. The van der Waals surface area contributed by atoms with Crippen LogP contribution in [0.1, 0.15) is 68.6 Å². The van der Waals surface area contributed by atoms with E-state index in [1.807, 2.05) is 13.8 Å². The number of hydrogen-bond donors (Lipinski definition) is 1. The smallest absolute Gasteiger partial charge is 0.254 e. The van der Waals surface area contributed by atoms with E-state index in [2.05, 4.69) is 21.8 Å². The van der Waals surface area contributed by atoms with Crippen molar-refractivity contribution in [1.82, 2.24) is 20.1 Å². The molecule has 1 aliphatic rings. The van der Waals surface area contributed by atoms with Crippen LogP contribution in [0.25, 0.3) is 5.57 Å². The van der Waals surface area contributed by atoms with E-state index in [0.717, 1.165) is 24.1 Å². The third-order valence-electron chi connectivity index (χ3n) is 6.38. The van der Waals surface area contributed by atoms with E-state index in [1.54, 1.807) is 49.3 Å². The Labute approximate surface area is 215 Å². The molecule has 194 valence electrons. The van der Waals surface area contributed by atoms with Gasteiger partial charge in [-0.1, -0.05) is 24.8 Å². The van der Waals surface area contributed by atoms with E-state index in [9.17, 15) is 9.18 Å². The van der Waals surface area contributed by atoms with E-state index in [0.29, 0.717) is 35.6 Å². The minimum Gasteiger partial charge on any atom is -0.446 e. The predicted molar refractivity (Wildman–Crippen MR) is 137 cm³/mol. The second kappa shape index (κ2) is 10.6. The summed E-state index contributed by atoms with van der Waals surface area (Å²) >= 11 is 0. The van der Waals surface area contributed by atoms with Crippen LogP contribution in [0.3, 0.4) is 0 Å². The number of benzene rings is 1. The highest BCUT2D eigenvalue weighted by atomic mass is 19.1. The summed E-state index contributed by atoms with van der Waals surface area (Å²) in [4.78, 5) is 19.8. The molecule has 0 spiro atoms. The number of nitrogens with two attached hydrogens (primary N) is 1. The zero-order valence-corrected chi connectivity index (χ0v) is 21.6. The first-order valence-corrected chi connectivity index (χ1v) is 12.2. The van der Waals surface area contributed by atoms with Gasteiger partial charge in [0.05, 0.1) is 11.2 Å². The van der Waals surface area contributed by atoms with Crippen LogP contribution in [-0.4, -0.2) is 32.5 Å². The molecule has 1 fully saturated rings. The first-order chi connectivity index (χ1) is 17.6. The number of allylic oxidation sites excluding steroid dienone is 3. The number of likely N-dealkylation sites (tertiary alicyclic amines) is 1. The Morgan fingerprint density at radius 1 is 1.32 bits per heavy atom. The van der Waals surface area contributed by atoms with Gasteiger partial charge in [-0.15, -0.1) is 10.2 Å². The zero-order chi connectivity index (χ0) is 26.7. The van der Waals surface area contributed by atoms with E-state index in [4.69, 9.17) is 14.6 Å². The van der Waals surface area contributed by atoms with Crippen LogP contribution in [0.15, 0.2) is 69.2 Å². The molecule has 1 saturated heterocycles. The van der Waals surface area contributed by atoms with Crippen molar-refractivity contribution >= 4 is 11.5 Å². The molecule has 1 aromatic carbocycles. The van der Waals surface area contributed by atoms with Gasteiger partial charge in [0.1, 0.15) is 18.1 Å². The van der Waals surface area contributed by atoms with Crippen LogP contribution in [0.5, 0.6) is 0 Å². The normalized spacial score (nSPS) is 18.2. The van der Waals surface area contributed by atoms with Gasteiger partial charge in [0.15, 0.2) is 0 Å². The van der Waals surface area contributed by atoms with E-state index in [1.165, 1.54) is 12.1 Å². The van der Waals surface area contributed by atoms with E-state index >= 15 is 0 Å². The molecule has 37 heavy (non-hydrogen) atoms. The summed E-state index contributed by atoms with van der Waals surface area (Å²) in [6.45, 7) is 11.9. The Kier molecular flexibility index (Phi) is 7.54. The molecule has 1 amide bonds. The highest BCUT2D eigenvalue weighted by Crippen LogP contribution is 2.34. The molecular formula is C28H32FN5O3. The van der Waals surface area contributed by atoms with Crippen molar-refractivity contribution in [3.05, 3.63) is 95.2 Å². The quantitative estimate of drug-likeness (QED) is 0.331. The number of carbonyl (C=O) groups is 1. The van der Waals surface area contributed by atoms with Crippen molar-refractivity contribution in [1.29, 1.82) is 0 Å². The van der Waals surface area contributed by atoms with Gasteiger partial charge in [0.25, 0.3) is 5.91 Å². The molecule has 9 heteroatoms. The van der Waals surface area contributed by atoms with Gasteiger partial charge >= 0.3 is 0 Å². The predicted octanol–water partition coefficient (Wildman–Crippen LogP) is 5.19. The maximum Gasteiger partial charge on any atom is 0.254 e. The van der Waals surface area contributed by atoms with Crippen molar-refractivity contribution in [2.24, 2.45) is 5.73 Å². The molecule has 0 bridgehead atoms. The first-order valence-electron chi connectivity index (χ1n) is 12.2. The van der Waals surface area contributed by atoms with Crippen LogP contribution in [0.4, 0.5) is 4.39 Å². The Morgan fingerprint density at radius 3 is 2.68 bits per heavy atom. The van der Waals surface area contributed by atoms with Gasteiger partial charge in [0, 0.05) is 17.7 Å². The molecule has 2 atom stereocenters. The van der Waals surface area contributed by atoms with Crippen molar-refractivity contribution in [3.8, 4) is 0 Å². The standard InChI is InChI=1S/C28H32FN5O3/c1-6-20(26(35)34-13-7-8-23(34)25-31-18(4)16-36-25)14-22(17(2)3)24-32-33-27(37-24)28(5,30)15-19-9-11-21(29)12-10-19/h6,9-12,14,16,23H,2,7-8,13,15,30H2,1,3-5H3/b20-6+,22-14+/t23-,28-/m1/s1. The number of hydrogen-bond acceptors (Lipinski definition) is 7. The molecule has 2 N–H and O–H groups in total. The number of halogens is 1. The molecule has 2 aromatic heterocycles. The summed E-state index contributed by atoms with van der Waals surface area (Å²) in [6.07, 6.45) is 7.08. The number of aryl methyl sites for hydroxylation is 1. The lowest BCUT2D eigenvalue weighted by molar-refractivity contribution is -0.128. The third kappa shape index (κ3) is 5.77. The van der Waals surface area contributed by atoms with Gasteiger partial charge in [-0.25, -0.2) is 9.37 Å². The van der Waals surface area contributed by atoms with Crippen LogP contribution in [-0.2, 0) is 16.8 Å². The minimum atomic E-state index is -0.987. The molecule has 3 aromatic rings. The summed E-state index contributed by atoms with van der Waals surface area (Å²) in [6, 6.07) is 5.90. The number of amides is 1. The summed E-state index contributed by atoms with van der Waals surface area (Å²) in [5.74, 6) is 0.536. The van der Waals surface area contributed by atoms with Gasteiger partial charge in [-0.3, -0.25) is 4.79 Å². The second-order valence-corrected chi connectivity index (χ2v) is 9.70. The average molecular weight is 506 g/mol. The molecule has 0 aliphatic carbocycles. The molecule has 0 unspecified atom stereocenters. The monoisotopic (exact) mass is 505 g/mol. The van der Waals surface area contributed by atoms with Crippen LogP contribution < -0.4 is 5.73 Å². The Balaban J connectivity index is 1.58. The second-order valence-electron chi connectivity index (χ2n) is 9.70. The Hall–Kier alpha value is -3.85. The Bertz CT molecular complexity index is 1350. The lowest BCUT2D eigenvalue weighted by Gasteiger charge is -2.23. The lowest BCUT2D eigenvalue weighted by atomic mass is 9.94. The largest absolute Gasteiger partial charge is 0.446 e. The molecular weight excluding hydrogens is 473 g/mol. The van der Waals surface area contributed by atoms with E-state index < -0.39 is 5.54 Å². The summed E-state index contributed by atoms with van der Waals surface area (Å²) in [5.41, 5.74) is 8.80. The summed E-state index contributed by atoms with van der Waals surface area (Å²) in [7, 11) is 0. The lowest BCUT2D eigenvalue weighted by Crippen LogP contribution is -2.36. The molecule has 0 radical (unpaired) electrons. The molecule has 8 nitrogen and oxygen atoms in total. The average Bonchev–Trinajstić information content (AvgIpc) is 3.61. The van der Waals surface area contributed by atoms with Crippen molar-refractivity contribution in [2.45, 2.75) is 58.5 Å². The maximum absolute atomic E-state index is 13.5. The van der Waals surface area contributed by atoms with Gasteiger partial charge in [-0.05, 0) is 76.3 Å². The van der Waals surface area contributed by atoms with Crippen molar-refractivity contribution in [2.75, 3.05) is 6.54 Å². The highest BCUT2D eigenvalue weighted by molar-refractivity contribution is 5.99. The molecule has 4 rings (SSSR count). The number of oxazole rings is 1. The number of aromatic nitrogens is 3. The van der Waals surface area contributed by atoms with E-state index in [-0.39, 0.29) is 29.5 Å². The molecule has 1 aliphatic heterocycles. The Morgan fingerprint density at radius 2 is 2.05 bits per heavy atom.